The zero-order valence-corrected chi connectivity index (χ0v) is 17.4. The highest BCUT2D eigenvalue weighted by Crippen LogP contribution is 2.64. The van der Waals surface area contributed by atoms with Gasteiger partial charge in [-0.15, -0.1) is 0 Å². The molecule has 3 heteroatoms. The third-order valence-electron chi connectivity index (χ3n) is 9.22. The number of hydrogen-bond acceptors (Lipinski definition) is 3. The van der Waals surface area contributed by atoms with Gasteiger partial charge in [-0.2, -0.15) is 0 Å². The SMILES string of the molecule is CC=C1CC[C@H]2[C@@H]3C[C@@H](OC)[C@@H]4CC(OC)(OC)CC[C@@H]4[C@H]3CC[C@]12C. The van der Waals surface area contributed by atoms with Crippen LogP contribution in [0.25, 0.3) is 0 Å². The summed E-state index contributed by atoms with van der Waals surface area (Å²) in [4.78, 5) is 0. The van der Waals surface area contributed by atoms with Crippen molar-refractivity contribution in [1.82, 2.24) is 0 Å². The molecule has 4 rings (SSSR count). The molecule has 4 saturated carbocycles. The molecule has 4 aliphatic carbocycles. The van der Waals surface area contributed by atoms with E-state index in [0.717, 1.165) is 36.5 Å². The van der Waals surface area contributed by atoms with E-state index in [-0.39, 0.29) is 5.79 Å². The fourth-order valence-electron chi connectivity index (χ4n) is 7.83. The summed E-state index contributed by atoms with van der Waals surface area (Å²) >= 11 is 0. The standard InChI is InChI=1S/C23H38O3/c1-6-15-7-8-20-18-13-21(24-3)19-14-23(25-4,26-5)12-10-17(19)16(18)9-11-22(15,20)2/h6,16-21H,7-14H2,1-5H3/t16-,17-,18-,19-,20+,21-,22-/m1/s1. The normalized spacial score (nSPS) is 48.7. The van der Waals surface area contributed by atoms with Gasteiger partial charge >= 0.3 is 0 Å². The van der Waals surface area contributed by atoms with Crippen molar-refractivity contribution in [2.75, 3.05) is 21.3 Å². The van der Waals surface area contributed by atoms with Crippen molar-refractivity contribution < 1.29 is 14.2 Å². The number of allylic oxidation sites excluding steroid dienone is 2. The lowest BCUT2D eigenvalue weighted by atomic mass is 9.49. The van der Waals surface area contributed by atoms with Gasteiger partial charge in [0.05, 0.1) is 6.10 Å². The summed E-state index contributed by atoms with van der Waals surface area (Å²) in [5.74, 6) is 3.57. The van der Waals surface area contributed by atoms with Crippen molar-refractivity contribution in [2.24, 2.45) is 35.0 Å². The van der Waals surface area contributed by atoms with Crippen LogP contribution in [0.15, 0.2) is 11.6 Å². The number of methoxy groups -OCH3 is 3. The Labute approximate surface area is 159 Å². The van der Waals surface area contributed by atoms with Crippen LogP contribution >= 0.6 is 0 Å². The van der Waals surface area contributed by atoms with E-state index >= 15 is 0 Å². The minimum absolute atomic E-state index is 0.364. The maximum absolute atomic E-state index is 6.10. The molecule has 0 radical (unpaired) electrons. The minimum Gasteiger partial charge on any atom is -0.381 e. The molecule has 148 valence electrons. The molecule has 0 aliphatic heterocycles. The second-order valence-electron chi connectivity index (χ2n) is 9.64. The molecule has 0 heterocycles. The lowest BCUT2D eigenvalue weighted by Crippen LogP contribution is -2.55. The Hall–Kier alpha value is -0.380. The first-order valence-electron chi connectivity index (χ1n) is 10.8. The number of ether oxygens (including phenoxy) is 3. The Bertz CT molecular complexity index is 552. The van der Waals surface area contributed by atoms with E-state index in [1.165, 1.54) is 38.5 Å². The molecular weight excluding hydrogens is 324 g/mol. The highest BCUT2D eigenvalue weighted by Gasteiger charge is 2.58. The van der Waals surface area contributed by atoms with Crippen molar-refractivity contribution in [2.45, 2.75) is 77.1 Å². The molecule has 0 unspecified atom stereocenters. The second kappa shape index (κ2) is 6.90. The Balaban J connectivity index is 1.61. The first-order chi connectivity index (χ1) is 12.5. The van der Waals surface area contributed by atoms with E-state index in [9.17, 15) is 0 Å². The summed E-state index contributed by atoms with van der Waals surface area (Å²) in [6.45, 7) is 4.81. The third-order valence-corrected chi connectivity index (χ3v) is 9.22. The van der Waals surface area contributed by atoms with Crippen LogP contribution in [0.1, 0.15) is 65.2 Å². The van der Waals surface area contributed by atoms with Gasteiger partial charge in [0.15, 0.2) is 5.79 Å². The summed E-state index contributed by atoms with van der Waals surface area (Å²) < 4.78 is 17.8. The van der Waals surface area contributed by atoms with Gasteiger partial charge in [-0.25, -0.2) is 0 Å². The Kier molecular flexibility index (Phi) is 5.03. The zero-order chi connectivity index (χ0) is 18.5. The predicted octanol–water partition coefficient (Wildman–Crippen LogP) is 5.20. The van der Waals surface area contributed by atoms with E-state index in [2.05, 4.69) is 19.9 Å². The van der Waals surface area contributed by atoms with Crippen LogP contribution in [-0.4, -0.2) is 33.2 Å². The molecule has 0 aromatic rings. The highest BCUT2D eigenvalue weighted by molar-refractivity contribution is 5.23. The first-order valence-corrected chi connectivity index (χ1v) is 10.8. The van der Waals surface area contributed by atoms with Crippen LogP contribution in [0.4, 0.5) is 0 Å². The second-order valence-corrected chi connectivity index (χ2v) is 9.64. The summed E-state index contributed by atoms with van der Waals surface area (Å²) in [5.41, 5.74) is 2.19. The summed E-state index contributed by atoms with van der Waals surface area (Å²) in [6.07, 6.45) is 12.8. The molecule has 0 N–H and O–H groups in total. The van der Waals surface area contributed by atoms with E-state index in [0.29, 0.717) is 17.4 Å². The van der Waals surface area contributed by atoms with E-state index in [4.69, 9.17) is 14.2 Å². The quantitative estimate of drug-likeness (QED) is 0.510. The smallest absolute Gasteiger partial charge is 0.167 e. The van der Waals surface area contributed by atoms with Crippen LogP contribution < -0.4 is 0 Å². The van der Waals surface area contributed by atoms with Crippen molar-refractivity contribution >= 4 is 0 Å². The van der Waals surface area contributed by atoms with Crippen molar-refractivity contribution in [1.29, 1.82) is 0 Å². The van der Waals surface area contributed by atoms with Gasteiger partial charge in [-0.05, 0) is 80.5 Å². The third kappa shape index (κ3) is 2.64. The largest absolute Gasteiger partial charge is 0.381 e. The van der Waals surface area contributed by atoms with Crippen LogP contribution in [-0.2, 0) is 14.2 Å². The van der Waals surface area contributed by atoms with Gasteiger partial charge in [0.25, 0.3) is 0 Å². The zero-order valence-electron chi connectivity index (χ0n) is 17.4. The average molecular weight is 363 g/mol. The van der Waals surface area contributed by atoms with Crippen molar-refractivity contribution in [3.05, 3.63) is 11.6 Å². The van der Waals surface area contributed by atoms with Gasteiger partial charge < -0.3 is 14.2 Å². The van der Waals surface area contributed by atoms with Gasteiger partial charge in [-0.3, -0.25) is 0 Å². The molecule has 0 spiro atoms. The van der Waals surface area contributed by atoms with E-state index < -0.39 is 0 Å². The monoisotopic (exact) mass is 362 g/mol. The molecule has 0 amide bonds. The Morgan fingerprint density at radius 2 is 1.62 bits per heavy atom. The summed E-state index contributed by atoms with van der Waals surface area (Å²) in [5, 5.41) is 0. The molecule has 7 atom stereocenters. The molecule has 3 nitrogen and oxygen atoms in total. The summed E-state index contributed by atoms with van der Waals surface area (Å²) in [7, 11) is 5.53. The molecular formula is C23H38O3. The minimum atomic E-state index is -0.389. The molecule has 4 aliphatic rings. The van der Waals surface area contributed by atoms with Crippen molar-refractivity contribution in [3.63, 3.8) is 0 Å². The predicted molar refractivity (Wildman–Crippen MR) is 104 cm³/mol. The molecule has 0 bridgehead atoms. The molecule has 0 aromatic heterocycles. The fourth-order valence-corrected chi connectivity index (χ4v) is 7.83. The molecule has 4 fully saturated rings. The number of hydrogen-bond donors (Lipinski definition) is 0. The highest BCUT2D eigenvalue weighted by atomic mass is 16.7. The topological polar surface area (TPSA) is 27.7 Å². The van der Waals surface area contributed by atoms with Crippen LogP contribution in [0.3, 0.4) is 0 Å². The number of fused-ring (bicyclic) bond motifs is 5. The van der Waals surface area contributed by atoms with Gasteiger partial charge in [0, 0.05) is 34.2 Å². The van der Waals surface area contributed by atoms with Crippen molar-refractivity contribution in [3.8, 4) is 0 Å². The maximum atomic E-state index is 6.10. The van der Waals surface area contributed by atoms with Crippen LogP contribution in [0, 0.1) is 35.0 Å². The Morgan fingerprint density at radius 3 is 2.27 bits per heavy atom. The number of rotatable bonds is 3. The molecule has 26 heavy (non-hydrogen) atoms. The van der Waals surface area contributed by atoms with E-state index in [1.54, 1.807) is 19.8 Å². The summed E-state index contributed by atoms with van der Waals surface area (Å²) in [6, 6.07) is 0. The lowest BCUT2D eigenvalue weighted by molar-refractivity contribution is -0.258. The van der Waals surface area contributed by atoms with E-state index in [1.807, 2.05) is 7.11 Å². The first kappa shape index (κ1) is 19.0. The van der Waals surface area contributed by atoms with Crippen LogP contribution in [0.2, 0.25) is 0 Å². The lowest BCUT2D eigenvalue weighted by Gasteiger charge is -2.58. The van der Waals surface area contributed by atoms with Gasteiger partial charge in [0.2, 0.25) is 0 Å². The molecule has 0 saturated heterocycles. The average Bonchev–Trinajstić information content (AvgIpc) is 3.03. The van der Waals surface area contributed by atoms with Gasteiger partial charge in [0.1, 0.15) is 0 Å². The maximum Gasteiger partial charge on any atom is 0.167 e. The Morgan fingerprint density at radius 1 is 0.923 bits per heavy atom. The van der Waals surface area contributed by atoms with Gasteiger partial charge in [-0.1, -0.05) is 18.6 Å². The fraction of sp³-hybridized carbons (Fsp3) is 0.913. The van der Waals surface area contributed by atoms with Crippen LogP contribution in [0.5, 0.6) is 0 Å². The molecule has 0 aromatic carbocycles.